The summed E-state index contributed by atoms with van der Waals surface area (Å²) in [4.78, 5) is 19.1. The third kappa shape index (κ3) is 4.06. The van der Waals surface area contributed by atoms with E-state index in [0.29, 0.717) is 32.0 Å². The van der Waals surface area contributed by atoms with Crippen LogP contribution in [0.15, 0.2) is 12.3 Å². The molecule has 2 heterocycles. The summed E-state index contributed by atoms with van der Waals surface area (Å²) in [6, 6.07) is 0.519. The van der Waals surface area contributed by atoms with Gasteiger partial charge in [0.15, 0.2) is 0 Å². The minimum Gasteiger partial charge on any atom is -0.468 e. The Balaban J connectivity index is 2.04. The molecule has 0 N–H and O–H groups in total. The van der Waals surface area contributed by atoms with Crippen LogP contribution < -0.4 is 4.90 Å². The highest BCUT2D eigenvalue weighted by Crippen LogP contribution is 2.33. The number of carbonyl (C=O) groups excluding carboxylic acids is 1. The highest BCUT2D eigenvalue weighted by Gasteiger charge is 2.33. The third-order valence-corrected chi connectivity index (χ3v) is 4.13. The average Bonchev–Trinajstić information content (AvgIpc) is 2.52. The molecule has 1 atom stereocenters. The fraction of sp³-hybridized carbons (Fsp3) is 0.571. The van der Waals surface area contributed by atoms with Crippen LogP contribution in [0.4, 0.5) is 19.0 Å². The molecule has 0 bridgehead atoms. The summed E-state index contributed by atoms with van der Waals surface area (Å²) in [6.07, 6.45) is -3.69. The van der Waals surface area contributed by atoms with E-state index in [1.165, 1.54) is 7.11 Å². The number of pyridine rings is 1. The highest BCUT2D eigenvalue weighted by molar-refractivity contribution is 6.33. The van der Waals surface area contributed by atoms with E-state index in [9.17, 15) is 18.0 Å². The molecule has 0 aliphatic carbocycles. The summed E-state index contributed by atoms with van der Waals surface area (Å²) in [5, 5.41) is -0.0331. The number of aromatic nitrogens is 1. The average molecular weight is 352 g/mol. The van der Waals surface area contributed by atoms with Crippen molar-refractivity contribution in [3.8, 4) is 0 Å². The van der Waals surface area contributed by atoms with Crippen LogP contribution in [-0.4, -0.2) is 55.2 Å². The first-order valence-electron chi connectivity index (χ1n) is 7.03. The van der Waals surface area contributed by atoms with E-state index in [1.807, 2.05) is 9.80 Å². The summed E-state index contributed by atoms with van der Waals surface area (Å²) in [6.45, 7) is 3.91. The van der Waals surface area contributed by atoms with Crippen LogP contribution in [0.1, 0.15) is 12.5 Å². The molecule has 2 rings (SSSR count). The fourth-order valence-corrected chi connectivity index (χ4v) is 2.74. The number of hydrogen-bond donors (Lipinski definition) is 0. The Kier molecular flexibility index (Phi) is 5.36. The summed E-state index contributed by atoms with van der Waals surface area (Å²) in [5.74, 6) is 0.00850. The van der Waals surface area contributed by atoms with Crippen molar-refractivity contribution in [1.29, 1.82) is 0 Å². The van der Waals surface area contributed by atoms with Gasteiger partial charge in [-0.2, -0.15) is 13.2 Å². The molecule has 0 radical (unpaired) electrons. The second-order valence-corrected chi connectivity index (χ2v) is 5.66. The molecule has 1 unspecified atom stereocenters. The third-order valence-electron chi connectivity index (χ3n) is 3.85. The van der Waals surface area contributed by atoms with E-state index in [0.717, 1.165) is 12.3 Å². The maximum atomic E-state index is 12.6. The topological polar surface area (TPSA) is 45.7 Å². The minimum absolute atomic E-state index is 0.0331. The van der Waals surface area contributed by atoms with E-state index in [4.69, 9.17) is 16.3 Å². The molecule has 5 nitrogen and oxygen atoms in total. The van der Waals surface area contributed by atoms with E-state index in [2.05, 4.69) is 4.98 Å². The monoisotopic (exact) mass is 351 g/mol. The zero-order chi connectivity index (χ0) is 17.2. The Morgan fingerprint density at radius 1 is 1.35 bits per heavy atom. The lowest BCUT2D eigenvalue weighted by molar-refractivity contribution is -0.146. The normalized spacial score (nSPS) is 17.9. The van der Waals surface area contributed by atoms with Gasteiger partial charge in [-0.3, -0.25) is 9.69 Å². The number of nitrogens with zero attached hydrogens (tertiary/aromatic N) is 3. The molecule has 0 spiro atoms. The zero-order valence-corrected chi connectivity index (χ0v) is 13.5. The number of carbonyl (C=O) groups is 1. The molecule has 1 aromatic heterocycles. The Labute approximate surface area is 137 Å². The molecular weight excluding hydrogens is 335 g/mol. The van der Waals surface area contributed by atoms with E-state index in [1.54, 1.807) is 6.92 Å². The summed E-state index contributed by atoms with van der Waals surface area (Å²) in [5.41, 5.74) is -0.871. The Morgan fingerprint density at radius 2 is 1.96 bits per heavy atom. The van der Waals surface area contributed by atoms with Gasteiger partial charge in [0, 0.05) is 32.4 Å². The van der Waals surface area contributed by atoms with Crippen molar-refractivity contribution >= 4 is 23.4 Å². The van der Waals surface area contributed by atoms with Gasteiger partial charge in [-0.25, -0.2) is 4.98 Å². The zero-order valence-electron chi connectivity index (χ0n) is 12.7. The molecule has 0 aromatic carbocycles. The molecule has 0 amide bonds. The van der Waals surface area contributed by atoms with Gasteiger partial charge in [0.1, 0.15) is 11.9 Å². The van der Waals surface area contributed by atoms with Crippen LogP contribution in [0.5, 0.6) is 0 Å². The lowest BCUT2D eigenvalue weighted by Crippen LogP contribution is -2.52. The Hall–Kier alpha value is -1.54. The van der Waals surface area contributed by atoms with Crippen LogP contribution in [0.2, 0.25) is 5.02 Å². The first-order valence-corrected chi connectivity index (χ1v) is 7.41. The molecule has 0 saturated carbocycles. The number of hydrogen-bond acceptors (Lipinski definition) is 5. The lowest BCUT2D eigenvalue weighted by Gasteiger charge is -2.37. The van der Waals surface area contributed by atoms with Gasteiger partial charge in [0.25, 0.3) is 0 Å². The minimum atomic E-state index is -4.47. The molecule has 1 aliphatic rings. The summed E-state index contributed by atoms with van der Waals surface area (Å²) < 4.78 is 42.6. The van der Waals surface area contributed by atoms with Crippen LogP contribution in [-0.2, 0) is 15.7 Å². The molecule has 1 aliphatic heterocycles. The largest absolute Gasteiger partial charge is 0.468 e. The molecule has 23 heavy (non-hydrogen) atoms. The van der Waals surface area contributed by atoms with E-state index >= 15 is 0 Å². The lowest BCUT2D eigenvalue weighted by atomic mass is 10.2. The standard InChI is InChI=1S/C14H17ClF3N3O2/c1-9(13(22)23-2)20-3-5-21(6-4-20)12-11(15)7-10(8-19-12)14(16,17)18/h7-9H,3-6H2,1-2H3. The molecule has 9 heteroatoms. The number of halogens is 4. The molecule has 1 saturated heterocycles. The van der Waals surface area contributed by atoms with Gasteiger partial charge in [-0.15, -0.1) is 0 Å². The quantitative estimate of drug-likeness (QED) is 0.783. The molecule has 128 valence electrons. The maximum absolute atomic E-state index is 12.6. The van der Waals surface area contributed by atoms with Gasteiger partial charge in [0.05, 0.1) is 17.7 Å². The fourth-order valence-electron chi connectivity index (χ4n) is 2.46. The van der Waals surface area contributed by atoms with E-state index < -0.39 is 11.7 Å². The number of alkyl halides is 3. The molecule has 1 fully saturated rings. The number of methoxy groups -OCH3 is 1. The summed E-state index contributed by atoms with van der Waals surface area (Å²) in [7, 11) is 1.33. The predicted octanol–water partition coefficient (Wildman–Crippen LogP) is 2.44. The van der Waals surface area contributed by atoms with Gasteiger partial charge >= 0.3 is 12.1 Å². The van der Waals surface area contributed by atoms with Crippen molar-refractivity contribution in [3.05, 3.63) is 22.8 Å². The predicted molar refractivity (Wildman–Crippen MR) is 79.5 cm³/mol. The first kappa shape index (κ1) is 17.8. The maximum Gasteiger partial charge on any atom is 0.417 e. The molecule has 1 aromatic rings. The first-order chi connectivity index (χ1) is 10.7. The van der Waals surface area contributed by atoms with Gasteiger partial charge < -0.3 is 9.64 Å². The smallest absolute Gasteiger partial charge is 0.417 e. The number of anilines is 1. The van der Waals surface area contributed by atoms with Crippen LogP contribution in [0.3, 0.4) is 0 Å². The highest BCUT2D eigenvalue weighted by atomic mass is 35.5. The SMILES string of the molecule is COC(=O)C(C)N1CCN(c2ncc(C(F)(F)F)cc2Cl)CC1. The number of rotatable bonds is 3. The van der Waals surface area contributed by atoms with Crippen LogP contribution in [0.25, 0.3) is 0 Å². The Morgan fingerprint density at radius 3 is 2.43 bits per heavy atom. The van der Waals surface area contributed by atoms with Crippen molar-refractivity contribution in [2.24, 2.45) is 0 Å². The van der Waals surface area contributed by atoms with Gasteiger partial charge in [0.2, 0.25) is 0 Å². The summed E-state index contributed by atoms with van der Waals surface area (Å²) >= 11 is 5.95. The van der Waals surface area contributed by atoms with Crippen molar-refractivity contribution in [2.75, 3.05) is 38.2 Å². The number of esters is 1. The molecular formula is C14H17ClF3N3O2. The van der Waals surface area contributed by atoms with Crippen LogP contribution in [0, 0.1) is 0 Å². The second-order valence-electron chi connectivity index (χ2n) is 5.25. The Bertz CT molecular complexity index is 575. The van der Waals surface area contributed by atoms with Gasteiger partial charge in [-0.05, 0) is 13.0 Å². The van der Waals surface area contributed by atoms with Crippen LogP contribution >= 0.6 is 11.6 Å². The van der Waals surface area contributed by atoms with Crippen molar-refractivity contribution in [2.45, 2.75) is 19.1 Å². The van der Waals surface area contributed by atoms with E-state index in [-0.39, 0.29) is 17.0 Å². The number of piperazine rings is 1. The van der Waals surface area contributed by atoms with Gasteiger partial charge in [-0.1, -0.05) is 11.6 Å². The van der Waals surface area contributed by atoms with Crippen molar-refractivity contribution in [1.82, 2.24) is 9.88 Å². The second kappa shape index (κ2) is 6.92. The van der Waals surface area contributed by atoms with Crippen molar-refractivity contribution in [3.63, 3.8) is 0 Å². The van der Waals surface area contributed by atoms with Crippen molar-refractivity contribution < 1.29 is 22.7 Å². The number of ether oxygens (including phenoxy) is 1.